The van der Waals surface area contributed by atoms with Crippen LogP contribution in [0, 0.1) is 0 Å². The van der Waals surface area contributed by atoms with E-state index < -0.39 is 8.32 Å². The van der Waals surface area contributed by atoms with Crippen LogP contribution < -0.4 is 4.74 Å². The van der Waals surface area contributed by atoms with Crippen LogP contribution in [-0.2, 0) is 13.2 Å². The first-order chi connectivity index (χ1) is 20.4. The van der Waals surface area contributed by atoms with Gasteiger partial charge in [-0.15, -0.1) is 0 Å². The van der Waals surface area contributed by atoms with Gasteiger partial charge in [0.2, 0.25) is 0 Å². The Morgan fingerprint density at radius 3 is 2.30 bits per heavy atom. The van der Waals surface area contributed by atoms with E-state index in [9.17, 15) is 9.59 Å². The third-order valence-electron chi connectivity index (χ3n) is 8.86. The van der Waals surface area contributed by atoms with Crippen molar-refractivity contribution in [3.05, 3.63) is 96.5 Å². The first kappa shape index (κ1) is 30.4. The van der Waals surface area contributed by atoms with Crippen molar-refractivity contribution in [2.75, 3.05) is 13.1 Å². The maximum absolute atomic E-state index is 14.0. The van der Waals surface area contributed by atoms with Gasteiger partial charge >= 0.3 is 0 Å². The van der Waals surface area contributed by atoms with Crippen molar-refractivity contribution in [3.63, 3.8) is 0 Å². The smallest absolute Gasteiger partial charge is 0.272 e. The second kappa shape index (κ2) is 12.3. The first-order valence-corrected chi connectivity index (χ1v) is 17.9. The van der Waals surface area contributed by atoms with Crippen molar-refractivity contribution in [1.82, 2.24) is 19.7 Å². The third-order valence-corrected chi connectivity index (χ3v) is 12.4. The van der Waals surface area contributed by atoms with E-state index in [2.05, 4.69) is 49.7 Å². The van der Waals surface area contributed by atoms with Gasteiger partial charge in [0.25, 0.3) is 5.91 Å². The SMILES string of the molecule is C=C(C)c1ccc(COc2ccc(-c3c(-c4ccncc4)nn4c3C(=O)N(CCCC(C)(C)[Si](C)(C)O)CC4)cc2)cc1. The molecule has 8 heteroatoms. The van der Waals surface area contributed by atoms with Gasteiger partial charge in [0.15, 0.2) is 8.32 Å². The molecule has 43 heavy (non-hydrogen) atoms. The fourth-order valence-corrected chi connectivity index (χ4v) is 6.08. The van der Waals surface area contributed by atoms with E-state index in [0.29, 0.717) is 31.9 Å². The summed E-state index contributed by atoms with van der Waals surface area (Å²) in [5, 5.41) is 4.81. The molecule has 224 valence electrons. The summed E-state index contributed by atoms with van der Waals surface area (Å²) in [7, 11) is -2.31. The molecule has 0 atom stereocenters. The minimum atomic E-state index is -2.31. The Balaban J connectivity index is 1.39. The lowest BCUT2D eigenvalue weighted by atomic mass is 9.98. The van der Waals surface area contributed by atoms with Gasteiger partial charge in [-0.2, -0.15) is 5.10 Å². The Hall–Kier alpha value is -4.01. The average Bonchev–Trinajstić information content (AvgIpc) is 3.38. The number of amides is 1. The van der Waals surface area contributed by atoms with E-state index >= 15 is 0 Å². The highest BCUT2D eigenvalue weighted by atomic mass is 28.4. The zero-order valence-electron chi connectivity index (χ0n) is 25.9. The number of aromatic nitrogens is 3. The van der Waals surface area contributed by atoms with Crippen molar-refractivity contribution in [2.24, 2.45) is 0 Å². The Morgan fingerprint density at radius 1 is 1.00 bits per heavy atom. The van der Waals surface area contributed by atoms with Crippen molar-refractivity contribution in [1.29, 1.82) is 0 Å². The summed E-state index contributed by atoms with van der Waals surface area (Å²) in [6.07, 6.45) is 5.22. The molecule has 5 rings (SSSR count). The predicted molar refractivity (Wildman–Crippen MR) is 175 cm³/mol. The van der Waals surface area contributed by atoms with Crippen molar-refractivity contribution >= 4 is 19.8 Å². The van der Waals surface area contributed by atoms with Crippen LogP contribution in [0.25, 0.3) is 28.0 Å². The lowest BCUT2D eigenvalue weighted by Gasteiger charge is -2.36. The van der Waals surface area contributed by atoms with Gasteiger partial charge in [0.05, 0.1) is 6.54 Å². The highest BCUT2D eigenvalue weighted by molar-refractivity contribution is 6.72. The lowest BCUT2D eigenvalue weighted by molar-refractivity contribution is 0.0694. The Kier molecular flexibility index (Phi) is 8.71. The molecule has 0 saturated carbocycles. The van der Waals surface area contributed by atoms with Gasteiger partial charge in [-0.3, -0.25) is 14.5 Å². The first-order valence-electron chi connectivity index (χ1n) is 15.0. The summed E-state index contributed by atoms with van der Waals surface area (Å²) >= 11 is 0. The summed E-state index contributed by atoms with van der Waals surface area (Å²) in [6.45, 7) is 16.6. The fourth-order valence-electron chi connectivity index (χ4n) is 5.29. The quantitative estimate of drug-likeness (QED) is 0.183. The topological polar surface area (TPSA) is 80.5 Å². The van der Waals surface area contributed by atoms with Gasteiger partial charge in [-0.1, -0.05) is 62.4 Å². The number of carbonyl (C=O) groups excluding carboxylic acids is 1. The molecule has 0 spiro atoms. The van der Waals surface area contributed by atoms with E-state index in [1.54, 1.807) is 12.4 Å². The summed E-state index contributed by atoms with van der Waals surface area (Å²) < 4.78 is 7.94. The predicted octanol–water partition coefficient (Wildman–Crippen LogP) is 7.44. The van der Waals surface area contributed by atoms with E-state index in [1.165, 1.54) is 0 Å². The lowest BCUT2D eigenvalue weighted by Crippen LogP contribution is -2.42. The summed E-state index contributed by atoms with van der Waals surface area (Å²) in [6, 6.07) is 20.0. The molecule has 1 aliphatic heterocycles. The largest absolute Gasteiger partial charge is 0.489 e. The normalized spacial score (nSPS) is 13.6. The highest BCUT2D eigenvalue weighted by Crippen LogP contribution is 2.40. The molecule has 0 bridgehead atoms. The molecular weight excluding hydrogens is 552 g/mol. The van der Waals surface area contributed by atoms with Crippen LogP contribution >= 0.6 is 0 Å². The molecule has 1 amide bonds. The number of carbonyl (C=O) groups is 1. The van der Waals surface area contributed by atoms with E-state index in [-0.39, 0.29) is 10.9 Å². The average molecular weight is 595 g/mol. The number of pyridine rings is 1. The Bertz CT molecular complexity index is 1590. The molecule has 1 aliphatic rings. The standard InChI is InChI=1S/C35H42N4O3Si/c1-25(2)27-10-8-26(9-11-27)24-42-30-14-12-28(13-15-30)31-32(29-16-19-36-20-17-29)37-39-23-22-38(34(40)33(31)39)21-7-18-35(3,4)43(5,6)41/h8-17,19-20,41H,1,7,18,21-24H2,2-6H3. The molecule has 0 radical (unpaired) electrons. The number of allylic oxidation sites excluding steroid dienone is 1. The van der Waals surface area contributed by atoms with Crippen molar-refractivity contribution < 1.29 is 14.3 Å². The number of benzene rings is 2. The second-order valence-corrected chi connectivity index (χ2v) is 17.1. The number of ether oxygens (including phenoxy) is 1. The summed E-state index contributed by atoms with van der Waals surface area (Å²) in [4.78, 5) is 30.8. The molecule has 2 aromatic carbocycles. The summed E-state index contributed by atoms with van der Waals surface area (Å²) in [5.41, 5.74) is 7.28. The van der Waals surface area contributed by atoms with Crippen LogP contribution in [0.15, 0.2) is 79.6 Å². The second-order valence-electron chi connectivity index (χ2n) is 12.7. The van der Waals surface area contributed by atoms with Crippen LogP contribution in [-0.4, -0.2) is 51.8 Å². The highest BCUT2D eigenvalue weighted by Gasteiger charge is 2.38. The van der Waals surface area contributed by atoms with Crippen LogP contribution in [0.5, 0.6) is 5.75 Å². The molecule has 1 N–H and O–H groups in total. The molecule has 7 nitrogen and oxygen atoms in total. The van der Waals surface area contributed by atoms with E-state index in [1.807, 2.05) is 66.0 Å². The van der Waals surface area contributed by atoms with Crippen molar-refractivity contribution in [2.45, 2.75) is 64.9 Å². The maximum atomic E-state index is 14.0. The number of rotatable bonds is 11. The molecule has 4 aromatic rings. The molecule has 0 aliphatic carbocycles. The maximum Gasteiger partial charge on any atom is 0.272 e. The fraction of sp³-hybridized carbons (Fsp3) is 0.343. The van der Waals surface area contributed by atoms with Gasteiger partial charge in [-0.05, 0) is 78.9 Å². The zero-order valence-corrected chi connectivity index (χ0v) is 26.9. The molecule has 0 unspecified atom stereocenters. The molecule has 0 saturated heterocycles. The third kappa shape index (κ3) is 6.65. The number of nitrogens with zero attached hydrogens (tertiary/aromatic N) is 4. The number of fused-ring (bicyclic) bond motifs is 1. The number of hydrogen-bond donors (Lipinski definition) is 1. The minimum Gasteiger partial charge on any atom is -0.489 e. The van der Waals surface area contributed by atoms with E-state index in [0.717, 1.165) is 57.7 Å². The summed E-state index contributed by atoms with van der Waals surface area (Å²) in [5.74, 6) is 0.746. The van der Waals surface area contributed by atoms with Gasteiger partial charge in [-0.25, -0.2) is 0 Å². The monoisotopic (exact) mass is 594 g/mol. The molecular formula is C35H42N4O3Si. The van der Waals surface area contributed by atoms with Gasteiger partial charge in [0.1, 0.15) is 23.7 Å². The zero-order chi connectivity index (χ0) is 30.8. The van der Waals surface area contributed by atoms with E-state index in [4.69, 9.17) is 9.84 Å². The molecule has 2 aromatic heterocycles. The van der Waals surface area contributed by atoms with Crippen LogP contribution in [0.3, 0.4) is 0 Å². The van der Waals surface area contributed by atoms with Gasteiger partial charge in [0, 0.05) is 36.6 Å². The Labute approximate surface area is 256 Å². The van der Waals surface area contributed by atoms with Crippen LogP contribution in [0.2, 0.25) is 18.1 Å². The van der Waals surface area contributed by atoms with Crippen molar-refractivity contribution in [3.8, 4) is 28.1 Å². The van der Waals surface area contributed by atoms with Gasteiger partial charge < -0.3 is 14.4 Å². The minimum absolute atomic E-state index is 0.00843. The van der Waals surface area contributed by atoms with Crippen LogP contribution in [0.4, 0.5) is 0 Å². The van der Waals surface area contributed by atoms with Crippen LogP contribution in [0.1, 0.15) is 55.2 Å². The molecule has 3 heterocycles. The number of hydrogen-bond acceptors (Lipinski definition) is 5. The molecule has 0 fully saturated rings. The Morgan fingerprint density at radius 2 is 1.67 bits per heavy atom.